The summed E-state index contributed by atoms with van der Waals surface area (Å²) in [6, 6.07) is 12.4. The number of rotatable bonds is 7. The molecule has 1 aromatic heterocycles. The second-order valence-electron chi connectivity index (χ2n) is 11.1. The summed E-state index contributed by atoms with van der Waals surface area (Å²) in [5, 5.41) is 14.3. The van der Waals surface area contributed by atoms with Gasteiger partial charge in [0.15, 0.2) is 0 Å². The van der Waals surface area contributed by atoms with Crippen molar-refractivity contribution in [1.29, 1.82) is 0 Å². The second kappa shape index (κ2) is 12.2. The summed E-state index contributed by atoms with van der Waals surface area (Å²) in [5.74, 6) is 0.108. The molecule has 1 amide bonds. The molecule has 2 fully saturated rings. The highest BCUT2D eigenvalue weighted by atomic mass is 35.5. The van der Waals surface area contributed by atoms with E-state index in [1.165, 1.54) is 16.4 Å². The zero-order valence-electron chi connectivity index (χ0n) is 23.6. The van der Waals surface area contributed by atoms with Crippen LogP contribution in [0.3, 0.4) is 0 Å². The first-order valence-corrected chi connectivity index (χ1v) is 16.1. The van der Waals surface area contributed by atoms with E-state index in [0.717, 1.165) is 56.1 Å². The fourth-order valence-electron chi connectivity index (χ4n) is 5.70. The predicted molar refractivity (Wildman–Crippen MR) is 163 cm³/mol. The smallest absolute Gasteiger partial charge is 0.258 e. The van der Waals surface area contributed by atoms with Crippen molar-refractivity contribution in [3.8, 4) is 0 Å². The maximum Gasteiger partial charge on any atom is 0.258 e. The first kappa shape index (κ1) is 28.9. The molecule has 42 heavy (non-hydrogen) atoms. The zero-order chi connectivity index (χ0) is 29.3. The second-order valence-corrected chi connectivity index (χ2v) is 13.4. The van der Waals surface area contributed by atoms with E-state index in [2.05, 4.69) is 43.7 Å². The van der Waals surface area contributed by atoms with Gasteiger partial charge in [-0.15, -0.1) is 0 Å². The Morgan fingerprint density at radius 2 is 1.86 bits per heavy atom. The lowest BCUT2D eigenvalue weighted by Gasteiger charge is -2.34. The molecule has 224 valence electrons. The van der Waals surface area contributed by atoms with Crippen molar-refractivity contribution in [2.45, 2.75) is 36.7 Å². The van der Waals surface area contributed by atoms with Crippen LogP contribution in [0.2, 0.25) is 5.02 Å². The lowest BCUT2D eigenvalue weighted by Crippen LogP contribution is -2.44. The highest BCUT2D eigenvalue weighted by Gasteiger charge is 2.32. The Kier molecular flexibility index (Phi) is 8.42. The third-order valence-corrected chi connectivity index (χ3v) is 10.3. The molecule has 2 saturated heterocycles. The zero-order valence-corrected chi connectivity index (χ0v) is 25.2. The summed E-state index contributed by atoms with van der Waals surface area (Å²) in [6.07, 6.45) is 2.16. The predicted octanol–water partition coefficient (Wildman–Crippen LogP) is 3.41. The van der Waals surface area contributed by atoms with Gasteiger partial charge >= 0.3 is 0 Å². The number of benzene rings is 2. The number of carbonyl (C=O) groups excluding carboxylic acids is 1. The number of H-pyrrole nitrogens is 1. The van der Waals surface area contributed by atoms with Gasteiger partial charge in [-0.2, -0.15) is 9.40 Å². The first-order valence-electron chi connectivity index (χ1n) is 14.3. The van der Waals surface area contributed by atoms with Crippen molar-refractivity contribution < 1.29 is 17.9 Å². The van der Waals surface area contributed by atoms with Gasteiger partial charge < -0.3 is 25.2 Å². The number of nitrogens with one attached hydrogen (secondary N) is 3. The maximum atomic E-state index is 13.7. The van der Waals surface area contributed by atoms with E-state index < -0.39 is 10.0 Å². The van der Waals surface area contributed by atoms with Crippen LogP contribution < -0.4 is 15.5 Å². The SMILES string of the molecule is CN1CCN(c2ccc(C(=O)Nc3[nH]nc4c3CN(S(=O)(=O)c3cccc(Cl)c3)CC4)c(NC3CCOCC3)c2)CC1. The molecule has 0 spiro atoms. The number of halogens is 1. The molecular formula is C29H36ClN7O4S. The van der Waals surface area contributed by atoms with E-state index in [9.17, 15) is 13.2 Å². The molecule has 0 saturated carbocycles. The maximum absolute atomic E-state index is 13.7. The number of likely N-dealkylation sites (N-methyl/N-ethyl adjacent to an activating group) is 1. The highest BCUT2D eigenvalue weighted by Crippen LogP contribution is 2.31. The number of carbonyl (C=O) groups is 1. The summed E-state index contributed by atoms with van der Waals surface area (Å²) < 4.78 is 33.7. The van der Waals surface area contributed by atoms with Gasteiger partial charge in [0.25, 0.3) is 5.91 Å². The molecule has 4 heterocycles. The number of piperazine rings is 1. The molecule has 3 aliphatic heterocycles. The van der Waals surface area contributed by atoms with Gasteiger partial charge in [0, 0.05) is 86.9 Å². The molecule has 0 radical (unpaired) electrons. The molecule has 3 aromatic rings. The first-order chi connectivity index (χ1) is 20.3. The van der Waals surface area contributed by atoms with Gasteiger partial charge in [-0.05, 0) is 56.3 Å². The molecule has 11 nitrogen and oxygen atoms in total. The van der Waals surface area contributed by atoms with Crippen LogP contribution in [0, 0.1) is 0 Å². The van der Waals surface area contributed by atoms with Crippen molar-refractivity contribution in [2.75, 3.05) is 68.5 Å². The Morgan fingerprint density at radius 3 is 2.62 bits per heavy atom. The Bertz CT molecular complexity index is 1550. The third-order valence-electron chi connectivity index (χ3n) is 8.25. The lowest BCUT2D eigenvalue weighted by molar-refractivity contribution is 0.0904. The number of hydrogen-bond acceptors (Lipinski definition) is 8. The Hall–Kier alpha value is -3.16. The van der Waals surface area contributed by atoms with Gasteiger partial charge in [0.05, 0.1) is 16.2 Å². The van der Waals surface area contributed by atoms with E-state index in [1.54, 1.807) is 12.1 Å². The number of hydrogen-bond donors (Lipinski definition) is 3. The number of amides is 1. The number of ether oxygens (including phenoxy) is 1. The summed E-state index contributed by atoms with van der Waals surface area (Å²) in [7, 11) is -1.65. The molecule has 2 aromatic carbocycles. The van der Waals surface area contributed by atoms with Crippen LogP contribution >= 0.6 is 11.6 Å². The fraction of sp³-hybridized carbons (Fsp3) is 0.448. The van der Waals surface area contributed by atoms with Crippen molar-refractivity contribution in [3.63, 3.8) is 0 Å². The minimum Gasteiger partial charge on any atom is -0.381 e. The summed E-state index contributed by atoms with van der Waals surface area (Å²) in [4.78, 5) is 18.5. The average molecular weight is 614 g/mol. The number of aromatic amines is 1. The van der Waals surface area contributed by atoms with Crippen molar-refractivity contribution in [3.05, 3.63) is 64.3 Å². The number of anilines is 3. The molecule has 0 atom stereocenters. The number of sulfonamides is 1. The lowest BCUT2D eigenvalue weighted by atomic mass is 10.1. The molecule has 3 N–H and O–H groups in total. The minimum absolute atomic E-state index is 0.0891. The molecule has 13 heteroatoms. The van der Waals surface area contributed by atoms with Crippen LogP contribution in [0.15, 0.2) is 47.4 Å². The molecular weight excluding hydrogens is 578 g/mol. The average Bonchev–Trinajstić information content (AvgIpc) is 3.40. The van der Waals surface area contributed by atoms with E-state index in [1.807, 2.05) is 12.1 Å². The largest absolute Gasteiger partial charge is 0.381 e. The molecule has 6 rings (SSSR count). The van der Waals surface area contributed by atoms with Crippen molar-refractivity contribution >= 4 is 44.7 Å². The molecule has 0 bridgehead atoms. The summed E-state index contributed by atoms with van der Waals surface area (Å²) in [6.45, 7) is 5.57. The van der Waals surface area contributed by atoms with Gasteiger partial charge in [0.2, 0.25) is 10.0 Å². The van der Waals surface area contributed by atoms with Gasteiger partial charge in [-0.3, -0.25) is 9.89 Å². The standard InChI is InChI=1S/C29H36ClN7O4S/c1-35-11-13-36(14-12-35)22-5-6-24(27(18-22)31-21-8-15-41-16-9-21)29(38)32-28-25-19-37(10-7-26(25)33-34-28)42(39,40)23-4-2-3-20(30)17-23/h2-6,17-18,21,31H,7-16,19H2,1H3,(H2,32,33,34,38). The Balaban J connectivity index is 1.24. The number of nitrogens with zero attached hydrogens (tertiary/aromatic N) is 4. The monoisotopic (exact) mass is 613 g/mol. The topological polar surface area (TPSA) is 123 Å². The summed E-state index contributed by atoms with van der Waals surface area (Å²) >= 11 is 6.07. The molecule has 0 unspecified atom stereocenters. The van der Waals surface area contributed by atoms with Gasteiger partial charge in [0.1, 0.15) is 5.82 Å². The van der Waals surface area contributed by atoms with Crippen LogP contribution in [0.4, 0.5) is 17.2 Å². The van der Waals surface area contributed by atoms with Crippen molar-refractivity contribution in [1.82, 2.24) is 19.4 Å². The third kappa shape index (κ3) is 6.13. The van der Waals surface area contributed by atoms with E-state index in [4.69, 9.17) is 16.3 Å². The fourth-order valence-corrected chi connectivity index (χ4v) is 7.41. The van der Waals surface area contributed by atoms with Gasteiger partial charge in [-0.25, -0.2) is 8.42 Å². The van der Waals surface area contributed by atoms with E-state index in [-0.39, 0.29) is 29.9 Å². The quantitative estimate of drug-likeness (QED) is 0.371. The molecule has 0 aliphatic carbocycles. The van der Waals surface area contributed by atoms with Gasteiger partial charge in [-0.1, -0.05) is 17.7 Å². The Labute approximate surface area is 251 Å². The van der Waals surface area contributed by atoms with Crippen molar-refractivity contribution in [2.24, 2.45) is 0 Å². The van der Waals surface area contributed by atoms with Crippen LogP contribution in [0.25, 0.3) is 0 Å². The van der Waals surface area contributed by atoms with E-state index in [0.29, 0.717) is 41.6 Å². The van der Waals surface area contributed by atoms with Crippen LogP contribution in [-0.4, -0.2) is 92.8 Å². The Morgan fingerprint density at radius 1 is 1.07 bits per heavy atom. The minimum atomic E-state index is -3.78. The summed E-state index contributed by atoms with van der Waals surface area (Å²) in [5.41, 5.74) is 3.77. The van der Waals surface area contributed by atoms with Crippen LogP contribution in [0.5, 0.6) is 0 Å². The highest BCUT2D eigenvalue weighted by molar-refractivity contribution is 7.89. The normalized spacial score (nSPS) is 19.0. The van der Waals surface area contributed by atoms with Crippen LogP contribution in [0.1, 0.15) is 34.5 Å². The number of fused-ring (bicyclic) bond motifs is 1. The van der Waals surface area contributed by atoms with Crippen LogP contribution in [-0.2, 0) is 27.7 Å². The molecule has 3 aliphatic rings. The number of aromatic nitrogens is 2. The van der Waals surface area contributed by atoms with E-state index >= 15 is 0 Å².